The molecule has 1 aliphatic rings. The number of aromatic nitrogens is 4. The molecule has 1 aliphatic heterocycles. The highest BCUT2D eigenvalue weighted by molar-refractivity contribution is 5.94. The van der Waals surface area contributed by atoms with E-state index >= 15 is 0 Å². The smallest absolute Gasteiger partial charge is 0.253 e. The zero-order valence-electron chi connectivity index (χ0n) is 12.3. The molecular formula is C14H19ClN6O. The Bertz CT molecular complexity index is 594. The lowest BCUT2D eigenvalue weighted by atomic mass is 10.0. The average Bonchev–Trinajstić information content (AvgIpc) is 3.09. The Hall–Kier alpha value is -1.99. The molecule has 0 atom stereocenters. The molecule has 0 saturated carbocycles. The van der Waals surface area contributed by atoms with E-state index in [0.29, 0.717) is 11.6 Å². The van der Waals surface area contributed by atoms with Gasteiger partial charge in [0.25, 0.3) is 5.91 Å². The number of amides is 1. The molecule has 118 valence electrons. The summed E-state index contributed by atoms with van der Waals surface area (Å²) in [4.78, 5) is 14.4. The van der Waals surface area contributed by atoms with E-state index < -0.39 is 0 Å². The summed E-state index contributed by atoms with van der Waals surface area (Å²) in [5, 5.41) is 14.3. The topological polar surface area (TPSA) is 75.9 Å². The molecule has 0 unspecified atom stereocenters. The lowest BCUT2D eigenvalue weighted by Crippen LogP contribution is -2.43. The van der Waals surface area contributed by atoms with Crippen molar-refractivity contribution in [1.82, 2.24) is 30.4 Å². The first-order chi connectivity index (χ1) is 10.3. The lowest BCUT2D eigenvalue weighted by Gasteiger charge is -2.31. The zero-order valence-corrected chi connectivity index (χ0v) is 13.2. The van der Waals surface area contributed by atoms with Crippen LogP contribution in [0, 0.1) is 0 Å². The third-order valence-electron chi connectivity index (χ3n) is 3.90. The Labute approximate surface area is 135 Å². The number of piperidine rings is 1. The summed E-state index contributed by atoms with van der Waals surface area (Å²) in [5.74, 6) is 0.0603. The standard InChI is InChI=1S/C14H18N6O.ClH/c1-19(12-6-8-15-9-7-12)14(21)11-2-4-13(5-3-11)20-10-16-17-18-20;/h2-5,10,12,15H,6-9H2,1H3;1H. The Balaban J connectivity index is 0.00000176. The lowest BCUT2D eigenvalue weighted by molar-refractivity contribution is 0.0703. The number of benzene rings is 1. The van der Waals surface area contributed by atoms with Crippen LogP contribution < -0.4 is 5.32 Å². The first-order valence-corrected chi connectivity index (χ1v) is 7.07. The van der Waals surface area contributed by atoms with Gasteiger partial charge in [0, 0.05) is 18.7 Å². The fraction of sp³-hybridized carbons (Fsp3) is 0.429. The van der Waals surface area contributed by atoms with Crippen molar-refractivity contribution in [1.29, 1.82) is 0 Å². The molecule has 0 spiro atoms. The molecule has 8 heteroatoms. The van der Waals surface area contributed by atoms with Gasteiger partial charge in [-0.15, -0.1) is 17.5 Å². The molecule has 1 saturated heterocycles. The van der Waals surface area contributed by atoms with Gasteiger partial charge in [0.2, 0.25) is 0 Å². The van der Waals surface area contributed by atoms with Gasteiger partial charge in [0.1, 0.15) is 6.33 Å². The van der Waals surface area contributed by atoms with Crippen LogP contribution in [0.5, 0.6) is 0 Å². The van der Waals surface area contributed by atoms with E-state index in [2.05, 4.69) is 20.8 Å². The average molecular weight is 323 g/mol. The van der Waals surface area contributed by atoms with Gasteiger partial charge in [-0.05, 0) is 60.6 Å². The summed E-state index contributed by atoms with van der Waals surface area (Å²) in [6, 6.07) is 7.64. The summed E-state index contributed by atoms with van der Waals surface area (Å²) < 4.78 is 1.56. The van der Waals surface area contributed by atoms with Crippen molar-refractivity contribution in [3.63, 3.8) is 0 Å². The zero-order chi connectivity index (χ0) is 14.7. The van der Waals surface area contributed by atoms with Gasteiger partial charge in [-0.2, -0.15) is 0 Å². The summed E-state index contributed by atoms with van der Waals surface area (Å²) in [6.07, 6.45) is 3.54. The molecule has 0 radical (unpaired) electrons. The monoisotopic (exact) mass is 322 g/mol. The quantitative estimate of drug-likeness (QED) is 0.909. The van der Waals surface area contributed by atoms with Crippen molar-refractivity contribution >= 4 is 18.3 Å². The minimum absolute atomic E-state index is 0. The van der Waals surface area contributed by atoms with Gasteiger partial charge in [0.15, 0.2) is 0 Å². The molecule has 1 N–H and O–H groups in total. The van der Waals surface area contributed by atoms with Crippen LogP contribution in [0.15, 0.2) is 30.6 Å². The number of carbonyl (C=O) groups excluding carboxylic acids is 1. The molecule has 0 bridgehead atoms. The fourth-order valence-electron chi connectivity index (χ4n) is 2.60. The SMILES string of the molecule is CN(C(=O)c1ccc(-n2cnnn2)cc1)C1CCNCC1.Cl. The number of halogens is 1. The second kappa shape index (κ2) is 7.33. The Kier molecular flexibility index (Phi) is 5.46. The molecule has 2 heterocycles. The molecule has 1 aromatic carbocycles. The largest absolute Gasteiger partial charge is 0.339 e. The van der Waals surface area contributed by atoms with Gasteiger partial charge < -0.3 is 10.2 Å². The molecule has 3 rings (SSSR count). The van der Waals surface area contributed by atoms with E-state index in [1.807, 2.05) is 36.2 Å². The minimum Gasteiger partial charge on any atom is -0.339 e. The predicted octanol–water partition coefficient (Wildman–Crippen LogP) is 0.908. The number of carbonyl (C=O) groups is 1. The molecule has 2 aromatic rings. The van der Waals surface area contributed by atoms with Crippen LogP contribution in [0.2, 0.25) is 0 Å². The van der Waals surface area contributed by atoms with Crippen LogP contribution in [0.25, 0.3) is 5.69 Å². The van der Waals surface area contributed by atoms with Gasteiger partial charge in [-0.25, -0.2) is 4.68 Å². The van der Waals surface area contributed by atoms with Gasteiger partial charge in [0.05, 0.1) is 5.69 Å². The first-order valence-electron chi connectivity index (χ1n) is 7.07. The number of hydrogen-bond donors (Lipinski definition) is 1. The number of nitrogens with zero attached hydrogens (tertiary/aromatic N) is 5. The second-order valence-electron chi connectivity index (χ2n) is 5.20. The van der Waals surface area contributed by atoms with Gasteiger partial charge in [-0.1, -0.05) is 0 Å². The van der Waals surface area contributed by atoms with Crippen LogP contribution in [0.1, 0.15) is 23.2 Å². The molecule has 1 aromatic heterocycles. The summed E-state index contributed by atoms with van der Waals surface area (Å²) >= 11 is 0. The highest BCUT2D eigenvalue weighted by Gasteiger charge is 2.22. The molecule has 0 aliphatic carbocycles. The Morgan fingerprint density at radius 3 is 2.55 bits per heavy atom. The summed E-state index contributed by atoms with van der Waals surface area (Å²) in [5.41, 5.74) is 1.52. The number of hydrogen-bond acceptors (Lipinski definition) is 5. The van der Waals surface area contributed by atoms with E-state index in [1.54, 1.807) is 4.68 Å². The first kappa shape index (κ1) is 16.4. The van der Waals surface area contributed by atoms with E-state index in [1.165, 1.54) is 6.33 Å². The van der Waals surface area contributed by atoms with Crippen molar-refractivity contribution in [2.45, 2.75) is 18.9 Å². The van der Waals surface area contributed by atoms with Crippen LogP contribution in [0.4, 0.5) is 0 Å². The maximum atomic E-state index is 12.5. The molecule has 1 amide bonds. The van der Waals surface area contributed by atoms with Crippen molar-refractivity contribution < 1.29 is 4.79 Å². The van der Waals surface area contributed by atoms with E-state index in [0.717, 1.165) is 31.6 Å². The van der Waals surface area contributed by atoms with Crippen molar-refractivity contribution in [3.8, 4) is 5.69 Å². The normalized spacial score (nSPS) is 15.1. The third-order valence-corrected chi connectivity index (χ3v) is 3.90. The van der Waals surface area contributed by atoms with E-state index in [9.17, 15) is 4.79 Å². The number of rotatable bonds is 3. The molecule has 1 fully saturated rings. The van der Waals surface area contributed by atoms with Crippen LogP contribution in [0.3, 0.4) is 0 Å². The van der Waals surface area contributed by atoms with Crippen LogP contribution >= 0.6 is 12.4 Å². The third kappa shape index (κ3) is 3.42. The predicted molar refractivity (Wildman–Crippen MR) is 84.4 cm³/mol. The van der Waals surface area contributed by atoms with Crippen LogP contribution in [-0.4, -0.2) is 57.2 Å². The van der Waals surface area contributed by atoms with E-state index in [-0.39, 0.29) is 18.3 Å². The second-order valence-corrected chi connectivity index (χ2v) is 5.20. The highest BCUT2D eigenvalue weighted by atomic mass is 35.5. The Morgan fingerprint density at radius 1 is 1.27 bits per heavy atom. The minimum atomic E-state index is 0. The van der Waals surface area contributed by atoms with Crippen molar-refractivity contribution in [2.75, 3.05) is 20.1 Å². The maximum absolute atomic E-state index is 12.5. The van der Waals surface area contributed by atoms with Crippen molar-refractivity contribution in [3.05, 3.63) is 36.2 Å². The molecule has 22 heavy (non-hydrogen) atoms. The molecule has 7 nitrogen and oxygen atoms in total. The highest BCUT2D eigenvalue weighted by Crippen LogP contribution is 2.15. The molecular weight excluding hydrogens is 304 g/mol. The van der Waals surface area contributed by atoms with Crippen molar-refractivity contribution in [2.24, 2.45) is 0 Å². The number of tetrazole rings is 1. The summed E-state index contributed by atoms with van der Waals surface area (Å²) in [7, 11) is 1.88. The van der Waals surface area contributed by atoms with E-state index in [4.69, 9.17) is 0 Å². The number of nitrogens with one attached hydrogen (secondary N) is 1. The van der Waals surface area contributed by atoms with Gasteiger partial charge in [-0.3, -0.25) is 4.79 Å². The Morgan fingerprint density at radius 2 is 1.95 bits per heavy atom. The van der Waals surface area contributed by atoms with Crippen LogP contribution in [-0.2, 0) is 0 Å². The maximum Gasteiger partial charge on any atom is 0.253 e. The van der Waals surface area contributed by atoms with Gasteiger partial charge >= 0.3 is 0 Å². The fourth-order valence-corrected chi connectivity index (χ4v) is 2.60. The summed E-state index contributed by atoms with van der Waals surface area (Å²) in [6.45, 7) is 1.95.